The number of carbonyl (C=O) groups excluding carboxylic acids is 1. The smallest absolute Gasteiger partial charge is 0.362 e. The lowest BCUT2D eigenvalue weighted by Crippen LogP contribution is -2.30. The second-order valence-electron chi connectivity index (χ2n) is 3.56. The van der Waals surface area contributed by atoms with E-state index in [1.54, 1.807) is 0 Å². The molecule has 0 rings (SSSR count). The molecule has 0 aliphatic heterocycles. The van der Waals surface area contributed by atoms with Gasteiger partial charge in [-0.15, -0.1) is 0 Å². The Balaban J connectivity index is 3.29. The van der Waals surface area contributed by atoms with Gasteiger partial charge in [-0.25, -0.2) is 0 Å². The summed E-state index contributed by atoms with van der Waals surface area (Å²) in [5.74, 6) is -0.497. The van der Waals surface area contributed by atoms with Crippen molar-refractivity contribution in [3.05, 3.63) is 0 Å². The average molecular weight is 367 g/mol. The van der Waals surface area contributed by atoms with E-state index in [2.05, 4.69) is 32.6 Å². The number of hydrogen-bond acceptors (Lipinski definition) is 2. The zero-order chi connectivity index (χ0) is 13.1. The van der Waals surface area contributed by atoms with Crippen LogP contribution in [0.25, 0.3) is 0 Å². The molecule has 0 aromatic heterocycles. The number of ether oxygens (including phenoxy) is 1. The van der Waals surface area contributed by atoms with Gasteiger partial charge in [0.05, 0.1) is 0 Å². The van der Waals surface area contributed by atoms with E-state index in [1.165, 1.54) is 0 Å². The third kappa shape index (κ3) is 13.9. The molecule has 0 aromatic rings. The van der Waals surface area contributed by atoms with Gasteiger partial charge in [-0.3, -0.25) is 4.79 Å². The standard InChI is InChI=1S/C10H17F3INO2/c11-10(12,13)8-17-7-9(16)15-6-4-2-1-3-5-14/h1-8H2,(H,15,16). The van der Waals surface area contributed by atoms with E-state index in [-0.39, 0.29) is 0 Å². The molecule has 0 aliphatic carbocycles. The van der Waals surface area contributed by atoms with E-state index in [0.717, 1.165) is 30.1 Å². The van der Waals surface area contributed by atoms with Crippen molar-refractivity contribution in [3.63, 3.8) is 0 Å². The largest absolute Gasteiger partial charge is 0.411 e. The molecule has 0 unspecified atom stereocenters. The minimum Gasteiger partial charge on any atom is -0.362 e. The Bertz CT molecular complexity index is 212. The Kier molecular flexibility index (Phi) is 9.90. The molecule has 0 radical (unpaired) electrons. The van der Waals surface area contributed by atoms with Gasteiger partial charge < -0.3 is 10.1 Å². The predicted octanol–water partition coefficient (Wildman–Crippen LogP) is 2.68. The first-order valence-electron chi connectivity index (χ1n) is 5.43. The molecule has 0 bridgehead atoms. The summed E-state index contributed by atoms with van der Waals surface area (Å²) >= 11 is 2.30. The molecule has 102 valence electrons. The van der Waals surface area contributed by atoms with Gasteiger partial charge in [0.15, 0.2) is 0 Å². The van der Waals surface area contributed by atoms with Crippen LogP contribution in [0.1, 0.15) is 25.7 Å². The Labute approximate surface area is 113 Å². The number of hydrogen-bond donors (Lipinski definition) is 1. The summed E-state index contributed by atoms with van der Waals surface area (Å²) in [5, 5.41) is 2.51. The first kappa shape index (κ1) is 16.9. The molecule has 0 atom stereocenters. The maximum Gasteiger partial charge on any atom is 0.411 e. The molecular formula is C10H17F3INO2. The number of rotatable bonds is 9. The normalized spacial score (nSPS) is 11.5. The van der Waals surface area contributed by atoms with Crippen LogP contribution in [0.5, 0.6) is 0 Å². The monoisotopic (exact) mass is 367 g/mol. The van der Waals surface area contributed by atoms with Gasteiger partial charge in [-0.2, -0.15) is 13.2 Å². The van der Waals surface area contributed by atoms with Gasteiger partial charge in [0.1, 0.15) is 13.2 Å². The quantitative estimate of drug-likeness (QED) is 0.387. The summed E-state index contributed by atoms with van der Waals surface area (Å²) in [6.45, 7) is -1.42. The lowest BCUT2D eigenvalue weighted by molar-refractivity contribution is -0.175. The van der Waals surface area contributed by atoms with E-state index in [1.807, 2.05) is 0 Å². The average Bonchev–Trinajstić information content (AvgIpc) is 2.21. The number of unbranched alkanes of at least 4 members (excludes halogenated alkanes) is 3. The highest BCUT2D eigenvalue weighted by atomic mass is 127. The van der Waals surface area contributed by atoms with Gasteiger partial charge in [0.25, 0.3) is 0 Å². The van der Waals surface area contributed by atoms with Crippen molar-refractivity contribution in [3.8, 4) is 0 Å². The number of carbonyl (C=O) groups is 1. The highest BCUT2D eigenvalue weighted by molar-refractivity contribution is 14.1. The molecule has 0 spiro atoms. The third-order valence-electron chi connectivity index (χ3n) is 1.88. The van der Waals surface area contributed by atoms with E-state index in [0.29, 0.717) is 6.54 Å². The van der Waals surface area contributed by atoms with Crippen molar-refractivity contribution < 1.29 is 22.7 Å². The van der Waals surface area contributed by atoms with Crippen LogP contribution in [0.2, 0.25) is 0 Å². The summed E-state index contributed by atoms with van der Waals surface area (Å²) in [6.07, 6.45) is -0.235. The minimum absolute atomic E-state index is 0.495. The molecule has 0 heterocycles. The van der Waals surface area contributed by atoms with Crippen LogP contribution in [0.3, 0.4) is 0 Å². The molecule has 1 N–H and O–H groups in total. The van der Waals surface area contributed by atoms with E-state index in [9.17, 15) is 18.0 Å². The van der Waals surface area contributed by atoms with E-state index < -0.39 is 25.3 Å². The summed E-state index contributed by atoms with van der Waals surface area (Å²) in [5.41, 5.74) is 0. The Morgan fingerprint density at radius 1 is 1.18 bits per heavy atom. The third-order valence-corrected chi connectivity index (χ3v) is 2.64. The zero-order valence-electron chi connectivity index (χ0n) is 9.49. The van der Waals surface area contributed by atoms with E-state index >= 15 is 0 Å². The predicted molar refractivity (Wildman–Crippen MR) is 67.2 cm³/mol. The van der Waals surface area contributed by atoms with Gasteiger partial charge in [-0.1, -0.05) is 35.4 Å². The van der Waals surface area contributed by atoms with Crippen LogP contribution in [-0.2, 0) is 9.53 Å². The molecule has 1 amide bonds. The van der Waals surface area contributed by atoms with E-state index in [4.69, 9.17) is 0 Å². The van der Waals surface area contributed by atoms with Crippen molar-refractivity contribution in [2.45, 2.75) is 31.9 Å². The van der Waals surface area contributed by atoms with Crippen LogP contribution in [-0.4, -0.2) is 36.3 Å². The molecule has 0 saturated heterocycles. The van der Waals surface area contributed by atoms with Gasteiger partial charge >= 0.3 is 6.18 Å². The molecule has 0 aromatic carbocycles. The van der Waals surface area contributed by atoms with Crippen LogP contribution < -0.4 is 5.32 Å². The highest BCUT2D eigenvalue weighted by Gasteiger charge is 2.27. The Hall–Kier alpha value is -0.0500. The summed E-state index contributed by atoms with van der Waals surface area (Å²) < 4.78 is 40.4. The van der Waals surface area contributed by atoms with Gasteiger partial charge in [0.2, 0.25) is 5.91 Å². The maximum absolute atomic E-state index is 11.7. The Morgan fingerprint density at radius 3 is 2.41 bits per heavy atom. The first-order valence-corrected chi connectivity index (χ1v) is 6.95. The summed E-state index contributed by atoms with van der Waals surface area (Å²) in [6, 6.07) is 0. The number of alkyl halides is 4. The lowest BCUT2D eigenvalue weighted by Gasteiger charge is -2.08. The van der Waals surface area contributed by atoms with Crippen LogP contribution in [0.15, 0.2) is 0 Å². The van der Waals surface area contributed by atoms with Crippen molar-refractivity contribution in [2.24, 2.45) is 0 Å². The van der Waals surface area contributed by atoms with Crippen molar-refractivity contribution >= 4 is 28.5 Å². The van der Waals surface area contributed by atoms with Crippen LogP contribution >= 0.6 is 22.6 Å². The van der Waals surface area contributed by atoms with Crippen molar-refractivity contribution in [2.75, 3.05) is 24.2 Å². The molecular weight excluding hydrogens is 350 g/mol. The maximum atomic E-state index is 11.7. The van der Waals surface area contributed by atoms with Gasteiger partial charge in [-0.05, 0) is 17.3 Å². The Morgan fingerprint density at radius 2 is 1.82 bits per heavy atom. The fraction of sp³-hybridized carbons (Fsp3) is 0.900. The highest BCUT2D eigenvalue weighted by Crippen LogP contribution is 2.13. The fourth-order valence-corrected chi connectivity index (χ4v) is 1.65. The summed E-state index contributed by atoms with van der Waals surface area (Å²) in [4.78, 5) is 11.0. The zero-order valence-corrected chi connectivity index (χ0v) is 11.6. The summed E-state index contributed by atoms with van der Waals surface area (Å²) in [7, 11) is 0. The second-order valence-corrected chi connectivity index (χ2v) is 4.64. The van der Waals surface area contributed by atoms with Crippen molar-refractivity contribution in [1.29, 1.82) is 0 Å². The van der Waals surface area contributed by atoms with Crippen molar-refractivity contribution in [1.82, 2.24) is 5.32 Å². The molecule has 3 nitrogen and oxygen atoms in total. The molecule has 0 fully saturated rings. The second kappa shape index (κ2) is 9.93. The molecule has 0 aliphatic rings. The lowest BCUT2D eigenvalue weighted by atomic mass is 10.2. The van der Waals surface area contributed by atoms with Crippen LogP contribution in [0, 0.1) is 0 Å². The first-order chi connectivity index (χ1) is 7.95. The van der Waals surface area contributed by atoms with Gasteiger partial charge in [0, 0.05) is 6.54 Å². The molecule has 7 heteroatoms. The molecule has 0 saturated carbocycles. The molecule has 17 heavy (non-hydrogen) atoms. The number of halogens is 4. The number of amides is 1. The SMILES string of the molecule is O=C(COCC(F)(F)F)NCCCCCCI. The van der Waals surface area contributed by atoms with Crippen LogP contribution in [0.4, 0.5) is 13.2 Å². The fourth-order valence-electron chi connectivity index (χ4n) is 1.11. The topological polar surface area (TPSA) is 38.3 Å². The minimum atomic E-state index is -4.38. The number of nitrogens with one attached hydrogen (secondary N) is 1.